The lowest BCUT2D eigenvalue weighted by Gasteiger charge is -2.15. The van der Waals surface area contributed by atoms with Gasteiger partial charge in [-0.1, -0.05) is 24.3 Å². The minimum atomic E-state index is -0.960. The van der Waals surface area contributed by atoms with Crippen molar-refractivity contribution in [2.45, 2.75) is 12.5 Å². The molecule has 0 unspecified atom stereocenters. The first-order valence-corrected chi connectivity index (χ1v) is 7.25. The molecule has 1 heterocycles. The largest absolute Gasteiger partial charge is 0.484 e. The average molecular weight is 305 g/mol. The van der Waals surface area contributed by atoms with E-state index in [-0.39, 0.29) is 18.9 Å². The molecule has 1 aromatic carbocycles. The van der Waals surface area contributed by atoms with E-state index in [0.717, 1.165) is 4.88 Å². The van der Waals surface area contributed by atoms with Crippen LogP contribution in [0.25, 0.3) is 0 Å². The van der Waals surface area contributed by atoms with Gasteiger partial charge in [0.2, 0.25) is 0 Å². The molecule has 1 aromatic heterocycles. The van der Waals surface area contributed by atoms with Crippen molar-refractivity contribution in [3.63, 3.8) is 0 Å². The Balaban J connectivity index is 1.90. The Kier molecular flexibility index (Phi) is 5.34. The van der Waals surface area contributed by atoms with Gasteiger partial charge in [0, 0.05) is 4.88 Å². The van der Waals surface area contributed by atoms with Gasteiger partial charge in [0.05, 0.1) is 12.5 Å². The number of carbonyl (C=O) groups excluding carboxylic acids is 1. The van der Waals surface area contributed by atoms with Crippen LogP contribution in [-0.2, 0) is 9.59 Å². The minimum absolute atomic E-state index is 0.147. The second-order valence-electron chi connectivity index (χ2n) is 4.34. The monoisotopic (exact) mass is 305 g/mol. The van der Waals surface area contributed by atoms with E-state index in [1.807, 2.05) is 29.6 Å². The Hall–Kier alpha value is -2.34. The summed E-state index contributed by atoms with van der Waals surface area (Å²) in [5.41, 5.74) is 0. The van der Waals surface area contributed by atoms with Gasteiger partial charge in [-0.15, -0.1) is 11.3 Å². The molecule has 0 aliphatic carbocycles. The van der Waals surface area contributed by atoms with Gasteiger partial charge < -0.3 is 15.2 Å². The van der Waals surface area contributed by atoms with Crippen LogP contribution >= 0.6 is 11.3 Å². The summed E-state index contributed by atoms with van der Waals surface area (Å²) < 4.78 is 5.33. The Morgan fingerprint density at radius 2 is 1.95 bits per heavy atom. The maximum absolute atomic E-state index is 11.9. The summed E-state index contributed by atoms with van der Waals surface area (Å²) in [7, 11) is 0. The van der Waals surface area contributed by atoms with Crippen LogP contribution in [0.4, 0.5) is 0 Å². The van der Waals surface area contributed by atoms with Gasteiger partial charge in [0.25, 0.3) is 5.91 Å². The molecule has 2 N–H and O–H groups in total. The van der Waals surface area contributed by atoms with E-state index in [9.17, 15) is 9.59 Å². The molecule has 21 heavy (non-hydrogen) atoms. The number of ether oxygens (including phenoxy) is 1. The molecule has 0 saturated heterocycles. The highest BCUT2D eigenvalue weighted by molar-refractivity contribution is 7.10. The maximum Gasteiger partial charge on any atom is 0.305 e. The molecule has 5 nitrogen and oxygen atoms in total. The lowest BCUT2D eigenvalue weighted by Crippen LogP contribution is -2.33. The van der Waals surface area contributed by atoms with Gasteiger partial charge >= 0.3 is 5.97 Å². The third-order valence-electron chi connectivity index (χ3n) is 2.71. The van der Waals surface area contributed by atoms with E-state index in [1.165, 1.54) is 11.3 Å². The number of benzene rings is 1. The lowest BCUT2D eigenvalue weighted by molar-refractivity contribution is -0.137. The molecule has 110 valence electrons. The van der Waals surface area contributed by atoms with Gasteiger partial charge in [0.1, 0.15) is 5.75 Å². The van der Waals surface area contributed by atoms with Gasteiger partial charge in [-0.25, -0.2) is 0 Å². The Morgan fingerprint density at radius 3 is 2.57 bits per heavy atom. The van der Waals surface area contributed by atoms with Crippen LogP contribution in [0, 0.1) is 0 Å². The summed E-state index contributed by atoms with van der Waals surface area (Å²) in [6, 6.07) is 12.1. The van der Waals surface area contributed by atoms with Crippen LogP contribution in [0.3, 0.4) is 0 Å². The van der Waals surface area contributed by atoms with E-state index < -0.39 is 12.0 Å². The normalized spacial score (nSPS) is 11.6. The minimum Gasteiger partial charge on any atom is -0.484 e. The van der Waals surface area contributed by atoms with E-state index in [4.69, 9.17) is 9.84 Å². The van der Waals surface area contributed by atoms with Gasteiger partial charge in [-0.05, 0) is 23.6 Å². The quantitative estimate of drug-likeness (QED) is 0.824. The molecule has 0 radical (unpaired) electrons. The molecule has 0 bridgehead atoms. The molecule has 2 rings (SSSR count). The maximum atomic E-state index is 11.9. The SMILES string of the molecule is O=C(O)C[C@H](NC(=O)COc1ccccc1)c1cccs1. The number of para-hydroxylation sites is 1. The molecular formula is C15H15NO4S. The molecule has 2 aromatic rings. The fourth-order valence-electron chi connectivity index (χ4n) is 1.79. The molecule has 1 amide bonds. The molecule has 0 fully saturated rings. The third kappa shape index (κ3) is 4.92. The molecule has 0 spiro atoms. The summed E-state index contributed by atoms with van der Waals surface area (Å²) in [6.45, 7) is -0.147. The first-order chi connectivity index (χ1) is 10.1. The lowest BCUT2D eigenvalue weighted by atomic mass is 10.1. The Labute approximate surface area is 126 Å². The van der Waals surface area contributed by atoms with Crippen molar-refractivity contribution in [2.24, 2.45) is 0 Å². The second-order valence-corrected chi connectivity index (χ2v) is 5.31. The number of nitrogens with one attached hydrogen (secondary N) is 1. The van der Waals surface area contributed by atoms with Crippen LogP contribution < -0.4 is 10.1 Å². The van der Waals surface area contributed by atoms with Gasteiger partial charge in [-0.3, -0.25) is 9.59 Å². The highest BCUT2D eigenvalue weighted by atomic mass is 32.1. The fraction of sp³-hybridized carbons (Fsp3) is 0.200. The zero-order chi connectivity index (χ0) is 15.1. The summed E-state index contributed by atoms with van der Waals surface area (Å²) in [5, 5.41) is 13.5. The van der Waals surface area contributed by atoms with E-state index in [1.54, 1.807) is 18.2 Å². The first kappa shape index (κ1) is 15.1. The van der Waals surface area contributed by atoms with Crippen LogP contribution in [0.2, 0.25) is 0 Å². The summed E-state index contributed by atoms with van der Waals surface area (Å²) >= 11 is 1.41. The van der Waals surface area contributed by atoms with Crippen molar-refractivity contribution in [1.29, 1.82) is 0 Å². The predicted octanol–water partition coefficient (Wildman–Crippen LogP) is 2.46. The van der Waals surface area contributed by atoms with Crippen LogP contribution in [0.5, 0.6) is 5.75 Å². The number of carboxylic acids is 1. The number of aliphatic carboxylic acids is 1. The molecular weight excluding hydrogens is 290 g/mol. The van der Waals surface area contributed by atoms with Crippen LogP contribution in [0.1, 0.15) is 17.3 Å². The summed E-state index contributed by atoms with van der Waals surface area (Å²) in [5.74, 6) is -0.713. The summed E-state index contributed by atoms with van der Waals surface area (Å²) in [4.78, 5) is 23.6. The van der Waals surface area contributed by atoms with Crippen LogP contribution in [0.15, 0.2) is 47.8 Å². The van der Waals surface area contributed by atoms with E-state index >= 15 is 0 Å². The Bertz CT molecular complexity index is 583. The first-order valence-electron chi connectivity index (χ1n) is 6.37. The zero-order valence-electron chi connectivity index (χ0n) is 11.2. The molecule has 6 heteroatoms. The van der Waals surface area contributed by atoms with Crippen molar-refractivity contribution in [2.75, 3.05) is 6.61 Å². The highest BCUT2D eigenvalue weighted by Crippen LogP contribution is 2.22. The number of carboxylic acid groups (broad SMARTS) is 1. The fourth-order valence-corrected chi connectivity index (χ4v) is 2.57. The third-order valence-corrected chi connectivity index (χ3v) is 3.70. The number of amides is 1. The van der Waals surface area contributed by atoms with Crippen molar-refractivity contribution < 1.29 is 19.4 Å². The molecule has 0 saturated carbocycles. The number of carbonyl (C=O) groups is 2. The van der Waals surface area contributed by atoms with Crippen molar-refractivity contribution in [1.82, 2.24) is 5.32 Å². The van der Waals surface area contributed by atoms with Crippen molar-refractivity contribution in [3.05, 3.63) is 52.7 Å². The number of hydrogen-bond donors (Lipinski definition) is 2. The van der Waals surface area contributed by atoms with Crippen molar-refractivity contribution in [3.8, 4) is 5.75 Å². The Morgan fingerprint density at radius 1 is 1.19 bits per heavy atom. The van der Waals surface area contributed by atoms with Gasteiger partial charge in [-0.2, -0.15) is 0 Å². The van der Waals surface area contributed by atoms with E-state index in [2.05, 4.69) is 5.32 Å². The second kappa shape index (κ2) is 7.44. The summed E-state index contributed by atoms with van der Waals surface area (Å²) in [6.07, 6.45) is -0.155. The highest BCUT2D eigenvalue weighted by Gasteiger charge is 2.19. The smallest absolute Gasteiger partial charge is 0.305 e. The molecule has 0 aliphatic rings. The van der Waals surface area contributed by atoms with Gasteiger partial charge in [0.15, 0.2) is 6.61 Å². The number of hydrogen-bond acceptors (Lipinski definition) is 4. The molecule has 1 atom stereocenters. The standard InChI is InChI=1S/C15H15NO4S/c17-14(10-20-11-5-2-1-3-6-11)16-12(9-15(18)19)13-7-4-8-21-13/h1-8,12H,9-10H2,(H,16,17)(H,18,19)/t12-/m0/s1. The average Bonchev–Trinajstić information content (AvgIpc) is 2.99. The topological polar surface area (TPSA) is 75.6 Å². The number of rotatable bonds is 7. The predicted molar refractivity (Wildman–Crippen MR) is 79.4 cm³/mol. The zero-order valence-corrected chi connectivity index (χ0v) is 12.0. The number of thiophene rings is 1. The van der Waals surface area contributed by atoms with Crippen LogP contribution in [-0.4, -0.2) is 23.6 Å². The van der Waals surface area contributed by atoms with E-state index in [0.29, 0.717) is 5.75 Å². The molecule has 0 aliphatic heterocycles. The van der Waals surface area contributed by atoms with Crippen molar-refractivity contribution >= 4 is 23.2 Å².